The van der Waals surface area contributed by atoms with Gasteiger partial charge in [0.05, 0.1) is 11.3 Å². The Morgan fingerprint density at radius 1 is 1.44 bits per heavy atom. The van der Waals surface area contributed by atoms with E-state index in [0.29, 0.717) is 11.4 Å². The van der Waals surface area contributed by atoms with Crippen LogP contribution in [0.5, 0.6) is 0 Å². The second-order valence-corrected chi connectivity index (χ2v) is 5.01. The second kappa shape index (κ2) is 5.34. The molecule has 1 amide bonds. The summed E-state index contributed by atoms with van der Waals surface area (Å²) in [5.74, 6) is 0.257. The zero-order valence-corrected chi connectivity index (χ0v) is 11.8. The van der Waals surface area contributed by atoms with Crippen LogP contribution >= 0.6 is 12.2 Å². The zero-order valence-electron chi connectivity index (χ0n) is 11.0. The highest BCUT2D eigenvalue weighted by Gasteiger charge is 2.24. The predicted molar refractivity (Wildman–Crippen MR) is 75.3 cm³/mol. The van der Waals surface area contributed by atoms with Gasteiger partial charge in [-0.3, -0.25) is 9.48 Å². The van der Waals surface area contributed by atoms with Crippen molar-refractivity contribution in [2.24, 2.45) is 24.4 Å². The van der Waals surface area contributed by atoms with Crippen LogP contribution in [0.4, 0.5) is 5.82 Å². The molecule has 0 bridgehead atoms. The first-order valence-electron chi connectivity index (χ1n) is 5.65. The lowest BCUT2D eigenvalue weighted by Gasteiger charge is -2.21. The van der Waals surface area contributed by atoms with Crippen LogP contribution in [0, 0.1) is 12.8 Å². The highest BCUT2D eigenvalue weighted by molar-refractivity contribution is 7.80. The summed E-state index contributed by atoms with van der Waals surface area (Å²) in [4.78, 5) is 11.7. The molecule has 1 unspecified atom stereocenters. The number of rotatable bonds is 5. The number of hydrogen-bond acceptors (Lipinski definition) is 4. The molecule has 0 aliphatic carbocycles. The molecule has 0 radical (unpaired) electrons. The molecule has 1 rings (SSSR count). The fraction of sp³-hybridized carbons (Fsp3) is 0.545. The van der Waals surface area contributed by atoms with Gasteiger partial charge in [-0.15, -0.1) is 0 Å². The molecular weight excluding hydrogens is 250 g/mol. The van der Waals surface area contributed by atoms with E-state index >= 15 is 0 Å². The normalized spacial score (nSPS) is 12.5. The quantitative estimate of drug-likeness (QED) is 0.667. The summed E-state index contributed by atoms with van der Waals surface area (Å²) in [5.41, 5.74) is 12.4. The Hall–Kier alpha value is -1.63. The van der Waals surface area contributed by atoms with Gasteiger partial charge in [-0.25, -0.2) is 0 Å². The molecule has 0 aromatic carbocycles. The molecule has 5 N–H and O–H groups in total. The fourth-order valence-corrected chi connectivity index (χ4v) is 2.08. The van der Waals surface area contributed by atoms with Crippen LogP contribution < -0.4 is 16.8 Å². The Balaban J connectivity index is 3.17. The fourth-order valence-electron chi connectivity index (χ4n) is 1.83. The molecule has 0 saturated carbocycles. The number of anilines is 1. The van der Waals surface area contributed by atoms with Gasteiger partial charge in [0.15, 0.2) is 0 Å². The number of carbonyl (C=O) groups excluding carboxylic acids is 1. The van der Waals surface area contributed by atoms with E-state index in [9.17, 15) is 4.79 Å². The number of amides is 1. The van der Waals surface area contributed by atoms with E-state index in [1.54, 1.807) is 11.7 Å². The molecule has 0 spiro atoms. The molecule has 100 valence electrons. The summed E-state index contributed by atoms with van der Waals surface area (Å²) in [6, 6.07) is -0.493. The smallest absolute Gasteiger partial charge is 0.240 e. The molecule has 0 aliphatic rings. The lowest BCUT2D eigenvalue weighted by Crippen LogP contribution is -2.40. The van der Waals surface area contributed by atoms with Crippen molar-refractivity contribution in [2.45, 2.75) is 26.8 Å². The Morgan fingerprint density at radius 3 is 2.39 bits per heavy atom. The lowest BCUT2D eigenvalue weighted by molar-refractivity contribution is -0.119. The Bertz CT molecular complexity index is 480. The molecule has 1 atom stereocenters. The number of nitrogens with two attached hydrogens (primary N) is 2. The predicted octanol–water partition coefficient (Wildman–Crippen LogP) is 0.285. The van der Waals surface area contributed by atoms with Gasteiger partial charge < -0.3 is 16.8 Å². The number of nitrogens with zero attached hydrogens (tertiary/aromatic N) is 2. The van der Waals surface area contributed by atoms with Gasteiger partial charge in [-0.1, -0.05) is 26.1 Å². The van der Waals surface area contributed by atoms with Crippen LogP contribution in [0.15, 0.2) is 0 Å². The van der Waals surface area contributed by atoms with Crippen molar-refractivity contribution < 1.29 is 4.79 Å². The van der Waals surface area contributed by atoms with E-state index in [1.165, 1.54) is 0 Å². The third kappa shape index (κ3) is 2.79. The lowest BCUT2D eigenvalue weighted by atomic mass is 10.0. The summed E-state index contributed by atoms with van der Waals surface area (Å²) in [7, 11) is 1.76. The number of carbonyl (C=O) groups is 1. The molecule has 18 heavy (non-hydrogen) atoms. The monoisotopic (exact) mass is 269 g/mol. The minimum Gasteiger partial charge on any atom is -0.389 e. The topological polar surface area (TPSA) is 99.0 Å². The summed E-state index contributed by atoms with van der Waals surface area (Å²) in [6.45, 7) is 5.63. The van der Waals surface area contributed by atoms with Crippen molar-refractivity contribution in [3.8, 4) is 0 Å². The van der Waals surface area contributed by atoms with E-state index < -0.39 is 11.9 Å². The van der Waals surface area contributed by atoms with Gasteiger partial charge in [0, 0.05) is 7.05 Å². The minimum atomic E-state index is -0.493. The Morgan fingerprint density at radius 2 is 2.00 bits per heavy atom. The Kier molecular flexibility index (Phi) is 4.28. The summed E-state index contributed by atoms with van der Waals surface area (Å²) in [6.07, 6.45) is 0. The zero-order chi connectivity index (χ0) is 14.0. The second-order valence-electron chi connectivity index (χ2n) is 4.57. The number of aryl methyl sites for hydroxylation is 2. The van der Waals surface area contributed by atoms with E-state index in [2.05, 4.69) is 10.4 Å². The van der Waals surface area contributed by atoms with Crippen molar-refractivity contribution in [1.82, 2.24) is 9.78 Å². The highest BCUT2D eigenvalue weighted by Crippen LogP contribution is 2.21. The molecule has 1 aromatic heterocycles. The SMILES string of the molecule is Cc1nn(C)c(NC(C(N)=O)C(C)C)c1C(N)=S. The summed E-state index contributed by atoms with van der Waals surface area (Å²) in [5, 5.41) is 7.31. The maximum Gasteiger partial charge on any atom is 0.240 e. The van der Waals surface area contributed by atoms with Gasteiger partial charge in [-0.2, -0.15) is 5.10 Å². The van der Waals surface area contributed by atoms with E-state index in [1.807, 2.05) is 20.8 Å². The Labute approximate surface area is 112 Å². The molecule has 0 fully saturated rings. The van der Waals surface area contributed by atoms with Gasteiger partial charge in [-0.05, 0) is 12.8 Å². The van der Waals surface area contributed by atoms with Crippen molar-refractivity contribution in [3.63, 3.8) is 0 Å². The van der Waals surface area contributed by atoms with Crippen LogP contribution in [0.1, 0.15) is 25.1 Å². The van der Waals surface area contributed by atoms with Gasteiger partial charge >= 0.3 is 0 Å². The van der Waals surface area contributed by atoms with Crippen LogP contribution in [0.25, 0.3) is 0 Å². The number of primary amides is 1. The van der Waals surface area contributed by atoms with E-state index in [0.717, 1.165) is 5.69 Å². The molecule has 6 nitrogen and oxygen atoms in total. The maximum atomic E-state index is 11.4. The largest absolute Gasteiger partial charge is 0.389 e. The average molecular weight is 269 g/mol. The molecule has 0 aliphatic heterocycles. The highest BCUT2D eigenvalue weighted by atomic mass is 32.1. The maximum absolute atomic E-state index is 11.4. The van der Waals surface area contributed by atoms with E-state index in [-0.39, 0.29) is 10.9 Å². The van der Waals surface area contributed by atoms with Crippen molar-refractivity contribution in [3.05, 3.63) is 11.3 Å². The number of nitrogens with one attached hydrogen (secondary N) is 1. The molecule has 0 saturated heterocycles. The van der Waals surface area contributed by atoms with E-state index in [4.69, 9.17) is 23.7 Å². The first-order chi connectivity index (χ1) is 8.25. The third-order valence-corrected chi connectivity index (χ3v) is 2.94. The molecular formula is C11H19N5OS. The summed E-state index contributed by atoms with van der Waals surface area (Å²) < 4.78 is 1.61. The average Bonchev–Trinajstić information content (AvgIpc) is 2.48. The van der Waals surface area contributed by atoms with Gasteiger partial charge in [0.1, 0.15) is 16.8 Å². The van der Waals surface area contributed by atoms with Crippen molar-refractivity contribution >= 4 is 28.9 Å². The first kappa shape index (κ1) is 14.4. The third-order valence-electron chi connectivity index (χ3n) is 2.73. The van der Waals surface area contributed by atoms with Crippen LogP contribution in [-0.2, 0) is 11.8 Å². The molecule has 1 aromatic rings. The number of aromatic nitrogens is 2. The van der Waals surface area contributed by atoms with Gasteiger partial charge in [0.2, 0.25) is 5.91 Å². The van der Waals surface area contributed by atoms with Crippen LogP contribution in [0.3, 0.4) is 0 Å². The van der Waals surface area contributed by atoms with Crippen LogP contribution in [0.2, 0.25) is 0 Å². The number of thiocarbonyl (C=S) groups is 1. The standard InChI is InChI=1S/C11H19N5OS/c1-5(2)8(9(12)17)14-11-7(10(13)18)6(3)15-16(11)4/h5,8,14H,1-4H3,(H2,12,17)(H2,13,18). The van der Waals surface area contributed by atoms with Gasteiger partial charge in [0.25, 0.3) is 0 Å². The van der Waals surface area contributed by atoms with Crippen LogP contribution in [-0.4, -0.2) is 26.7 Å². The molecule has 7 heteroatoms. The van der Waals surface area contributed by atoms with Crippen molar-refractivity contribution in [2.75, 3.05) is 5.32 Å². The first-order valence-corrected chi connectivity index (χ1v) is 6.05. The minimum absolute atomic E-state index is 0.0527. The van der Waals surface area contributed by atoms with Crippen molar-refractivity contribution in [1.29, 1.82) is 0 Å². The molecule has 1 heterocycles. The number of hydrogen-bond donors (Lipinski definition) is 3. The summed E-state index contributed by atoms with van der Waals surface area (Å²) >= 11 is 5.00.